The summed E-state index contributed by atoms with van der Waals surface area (Å²) in [6.07, 6.45) is 1.44. The molecule has 2 amide bonds. The van der Waals surface area contributed by atoms with Crippen molar-refractivity contribution in [3.8, 4) is 0 Å². The van der Waals surface area contributed by atoms with E-state index in [1.807, 2.05) is 0 Å². The zero-order valence-electron chi connectivity index (χ0n) is 12.7. The van der Waals surface area contributed by atoms with Gasteiger partial charge < -0.3 is 10.2 Å². The summed E-state index contributed by atoms with van der Waals surface area (Å²) in [5, 5.41) is 13.6. The van der Waals surface area contributed by atoms with Crippen LogP contribution < -0.4 is 5.32 Å². The molecule has 1 aliphatic rings. The highest BCUT2D eigenvalue weighted by atomic mass is 16.6. The molecule has 7 nitrogen and oxygen atoms in total. The molecular weight excluding hydrogens is 286 g/mol. The van der Waals surface area contributed by atoms with E-state index in [0.717, 1.165) is 12.8 Å². The summed E-state index contributed by atoms with van der Waals surface area (Å²) in [5.74, 6) is -0.176. The normalized spacial score (nSPS) is 15.5. The number of nitro groups is 1. The summed E-state index contributed by atoms with van der Waals surface area (Å²) < 4.78 is 0. The maximum Gasteiger partial charge on any atom is 0.269 e. The van der Waals surface area contributed by atoms with Crippen LogP contribution in [0.1, 0.15) is 35.7 Å². The lowest BCUT2D eigenvalue weighted by Gasteiger charge is -2.32. The molecule has 1 aromatic rings. The summed E-state index contributed by atoms with van der Waals surface area (Å²) in [5.41, 5.74) is 1.07. The van der Waals surface area contributed by atoms with Crippen LogP contribution in [0.5, 0.6) is 0 Å². The first-order valence-corrected chi connectivity index (χ1v) is 7.20. The molecule has 0 unspecified atom stereocenters. The van der Waals surface area contributed by atoms with Crippen molar-refractivity contribution in [2.75, 3.05) is 13.1 Å². The van der Waals surface area contributed by atoms with Crippen molar-refractivity contribution >= 4 is 17.5 Å². The molecule has 0 spiro atoms. The number of amides is 2. The number of hydrogen-bond acceptors (Lipinski definition) is 4. The molecule has 118 valence electrons. The van der Waals surface area contributed by atoms with Crippen molar-refractivity contribution in [1.29, 1.82) is 0 Å². The second-order valence-electron chi connectivity index (χ2n) is 5.52. The van der Waals surface area contributed by atoms with E-state index in [9.17, 15) is 19.7 Å². The Hall–Kier alpha value is -2.44. The first kappa shape index (κ1) is 15.9. The lowest BCUT2D eigenvalue weighted by Crippen LogP contribution is -2.46. The fraction of sp³-hybridized carbons (Fsp3) is 0.467. The topological polar surface area (TPSA) is 92.6 Å². The number of carbonyl (C=O) groups is 2. The Balaban J connectivity index is 2.04. The Kier molecular flexibility index (Phi) is 4.75. The number of carbonyl (C=O) groups excluding carboxylic acids is 2. The molecule has 0 aliphatic carbocycles. The minimum Gasteiger partial charge on any atom is -0.353 e. The van der Waals surface area contributed by atoms with E-state index in [1.165, 1.54) is 25.1 Å². The number of nitrogens with one attached hydrogen (secondary N) is 1. The maximum atomic E-state index is 12.5. The van der Waals surface area contributed by atoms with E-state index in [0.29, 0.717) is 24.2 Å². The number of non-ortho nitro benzene ring substituents is 1. The number of nitro benzene ring substituents is 1. The maximum absolute atomic E-state index is 12.5. The fourth-order valence-corrected chi connectivity index (χ4v) is 2.69. The molecular formula is C15H19N3O4. The molecule has 0 aromatic heterocycles. The van der Waals surface area contributed by atoms with Crippen LogP contribution in [0.25, 0.3) is 0 Å². The molecule has 1 fully saturated rings. The first-order chi connectivity index (χ1) is 10.4. The Morgan fingerprint density at radius 1 is 1.32 bits per heavy atom. The molecule has 0 bridgehead atoms. The van der Waals surface area contributed by atoms with E-state index in [2.05, 4.69) is 5.32 Å². The van der Waals surface area contributed by atoms with Gasteiger partial charge in [-0.05, 0) is 31.4 Å². The van der Waals surface area contributed by atoms with Gasteiger partial charge in [-0.3, -0.25) is 19.7 Å². The van der Waals surface area contributed by atoms with E-state index in [4.69, 9.17) is 0 Å². The van der Waals surface area contributed by atoms with E-state index < -0.39 is 4.92 Å². The third-order valence-corrected chi connectivity index (χ3v) is 3.84. The molecule has 1 aromatic carbocycles. The summed E-state index contributed by atoms with van der Waals surface area (Å²) in [6.45, 7) is 4.32. The smallest absolute Gasteiger partial charge is 0.269 e. The summed E-state index contributed by atoms with van der Waals surface area (Å²) in [7, 11) is 0. The molecule has 0 radical (unpaired) electrons. The van der Waals surface area contributed by atoms with E-state index >= 15 is 0 Å². The molecule has 7 heteroatoms. The van der Waals surface area contributed by atoms with Crippen molar-refractivity contribution in [3.63, 3.8) is 0 Å². The van der Waals surface area contributed by atoms with Gasteiger partial charge in [-0.25, -0.2) is 0 Å². The molecule has 1 heterocycles. The predicted octanol–water partition coefficient (Wildman–Crippen LogP) is 1.64. The van der Waals surface area contributed by atoms with Crippen LogP contribution in [0.3, 0.4) is 0 Å². The van der Waals surface area contributed by atoms with E-state index in [-0.39, 0.29) is 23.5 Å². The van der Waals surface area contributed by atoms with Crippen molar-refractivity contribution in [1.82, 2.24) is 10.2 Å². The number of benzene rings is 1. The van der Waals surface area contributed by atoms with Crippen LogP contribution in [0.4, 0.5) is 5.69 Å². The van der Waals surface area contributed by atoms with Crippen LogP contribution in [0.2, 0.25) is 0 Å². The van der Waals surface area contributed by atoms with Gasteiger partial charge in [-0.2, -0.15) is 0 Å². The average molecular weight is 305 g/mol. The van der Waals surface area contributed by atoms with Crippen molar-refractivity contribution < 1.29 is 14.5 Å². The third kappa shape index (κ3) is 3.60. The van der Waals surface area contributed by atoms with Gasteiger partial charge in [-0.15, -0.1) is 0 Å². The fourth-order valence-electron chi connectivity index (χ4n) is 2.69. The van der Waals surface area contributed by atoms with Gasteiger partial charge in [0, 0.05) is 43.8 Å². The zero-order valence-corrected chi connectivity index (χ0v) is 12.7. The lowest BCUT2D eigenvalue weighted by molar-refractivity contribution is -0.384. The third-order valence-electron chi connectivity index (χ3n) is 3.84. The quantitative estimate of drug-likeness (QED) is 0.678. The van der Waals surface area contributed by atoms with Gasteiger partial charge >= 0.3 is 0 Å². The van der Waals surface area contributed by atoms with Gasteiger partial charge in [0.15, 0.2) is 0 Å². The largest absolute Gasteiger partial charge is 0.353 e. The van der Waals surface area contributed by atoms with Crippen LogP contribution in [-0.4, -0.2) is 40.8 Å². The monoisotopic (exact) mass is 305 g/mol. The number of likely N-dealkylation sites (tertiary alicyclic amines) is 1. The standard InChI is InChI=1S/C15H19N3O4/c1-10-9-13(18(21)22)3-4-14(10)15(20)17-7-5-12(6-8-17)16-11(2)19/h3-4,9,12H,5-8H2,1-2H3,(H,16,19). The molecule has 1 aliphatic heterocycles. The zero-order chi connectivity index (χ0) is 16.3. The summed E-state index contributed by atoms with van der Waals surface area (Å²) in [4.78, 5) is 35.5. The number of aryl methyl sites for hydroxylation is 1. The molecule has 2 rings (SSSR count). The van der Waals surface area contributed by atoms with Crippen LogP contribution >= 0.6 is 0 Å². The second-order valence-corrected chi connectivity index (χ2v) is 5.52. The highest BCUT2D eigenvalue weighted by Gasteiger charge is 2.25. The molecule has 1 N–H and O–H groups in total. The molecule has 22 heavy (non-hydrogen) atoms. The lowest BCUT2D eigenvalue weighted by atomic mass is 10.0. The first-order valence-electron chi connectivity index (χ1n) is 7.20. The second kappa shape index (κ2) is 6.55. The van der Waals surface area contributed by atoms with Crippen molar-refractivity contribution in [3.05, 3.63) is 39.4 Å². The average Bonchev–Trinajstić information content (AvgIpc) is 2.46. The number of rotatable bonds is 3. The van der Waals surface area contributed by atoms with Gasteiger partial charge in [-0.1, -0.05) is 0 Å². The minimum absolute atomic E-state index is 0.0154. The number of piperidine rings is 1. The SMILES string of the molecule is CC(=O)NC1CCN(C(=O)c2ccc([N+](=O)[O-])cc2C)CC1. The van der Waals surface area contributed by atoms with Crippen molar-refractivity contribution in [2.45, 2.75) is 32.7 Å². The minimum atomic E-state index is -0.472. The molecule has 0 atom stereocenters. The van der Waals surface area contributed by atoms with Gasteiger partial charge in [0.1, 0.15) is 0 Å². The van der Waals surface area contributed by atoms with Crippen LogP contribution in [-0.2, 0) is 4.79 Å². The Bertz CT molecular complexity index is 607. The van der Waals surface area contributed by atoms with Gasteiger partial charge in [0.25, 0.3) is 11.6 Å². The van der Waals surface area contributed by atoms with Gasteiger partial charge in [0.05, 0.1) is 4.92 Å². The van der Waals surface area contributed by atoms with Crippen molar-refractivity contribution in [2.24, 2.45) is 0 Å². The Morgan fingerprint density at radius 3 is 2.45 bits per heavy atom. The molecule has 0 saturated carbocycles. The Labute approximate surface area is 128 Å². The van der Waals surface area contributed by atoms with Crippen LogP contribution in [0, 0.1) is 17.0 Å². The molecule has 1 saturated heterocycles. The predicted molar refractivity (Wildman–Crippen MR) is 80.6 cm³/mol. The summed E-state index contributed by atoms with van der Waals surface area (Å²) in [6, 6.07) is 4.39. The summed E-state index contributed by atoms with van der Waals surface area (Å²) >= 11 is 0. The van der Waals surface area contributed by atoms with Gasteiger partial charge in [0.2, 0.25) is 5.91 Å². The number of hydrogen-bond donors (Lipinski definition) is 1. The number of nitrogens with zero attached hydrogens (tertiary/aromatic N) is 2. The highest BCUT2D eigenvalue weighted by molar-refractivity contribution is 5.96. The highest BCUT2D eigenvalue weighted by Crippen LogP contribution is 2.20. The Morgan fingerprint density at radius 2 is 1.95 bits per heavy atom. The van der Waals surface area contributed by atoms with E-state index in [1.54, 1.807) is 11.8 Å². The van der Waals surface area contributed by atoms with Crippen LogP contribution in [0.15, 0.2) is 18.2 Å².